The summed E-state index contributed by atoms with van der Waals surface area (Å²) in [5.74, 6) is 0. The number of ether oxygens (including phenoxy) is 6. The quantitative estimate of drug-likeness (QED) is 0.0700. The van der Waals surface area contributed by atoms with Gasteiger partial charge in [-0.1, -0.05) is 0 Å². The standard InChI is InChI=1S/C31H54O19/c1-26(2,3)47-43-22(33)39-17-30(13,18-40-23(34)44-48-27(4,5)6)15-37-21(32)38-16-31(14,19-41-24(35)45-49-28(7,8)9)20-42-25(36)46-50-29(10,11)12/h15-20H2,1-14H3. The van der Waals surface area contributed by atoms with Gasteiger partial charge in [0.25, 0.3) is 0 Å². The second-order valence-electron chi connectivity index (χ2n) is 15.7. The van der Waals surface area contributed by atoms with E-state index in [0.29, 0.717) is 0 Å². The van der Waals surface area contributed by atoms with Gasteiger partial charge >= 0.3 is 30.8 Å². The van der Waals surface area contributed by atoms with Crippen molar-refractivity contribution in [2.75, 3.05) is 39.6 Å². The van der Waals surface area contributed by atoms with Crippen LogP contribution in [0.1, 0.15) is 96.9 Å². The van der Waals surface area contributed by atoms with Gasteiger partial charge < -0.3 is 28.4 Å². The van der Waals surface area contributed by atoms with E-state index in [1.54, 1.807) is 83.1 Å². The molecule has 0 saturated heterocycles. The fourth-order valence-electron chi connectivity index (χ4n) is 2.42. The Morgan fingerprint density at radius 2 is 0.460 bits per heavy atom. The molecule has 0 unspecified atom stereocenters. The van der Waals surface area contributed by atoms with Crippen molar-refractivity contribution in [2.24, 2.45) is 10.8 Å². The summed E-state index contributed by atoms with van der Waals surface area (Å²) >= 11 is 0. The van der Waals surface area contributed by atoms with Gasteiger partial charge in [-0.15, -0.1) is 0 Å². The molecule has 0 atom stereocenters. The van der Waals surface area contributed by atoms with Crippen molar-refractivity contribution in [3.05, 3.63) is 0 Å². The maximum absolute atomic E-state index is 12.7. The largest absolute Gasteiger partial charge is 0.540 e. The van der Waals surface area contributed by atoms with Gasteiger partial charge in [0, 0.05) is 0 Å². The van der Waals surface area contributed by atoms with Gasteiger partial charge in [0.1, 0.15) is 62.0 Å². The Labute approximate surface area is 292 Å². The maximum Gasteiger partial charge on any atom is 0.540 e. The highest BCUT2D eigenvalue weighted by atomic mass is 17.3. The summed E-state index contributed by atoms with van der Waals surface area (Å²) in [7, 11) is 0. The van der Waals surface area contributed by atoms with Gasteiger partial charge in [0.05, 0.1) is 10.8 Å². The Hall–Kier alpha value is -3.81. The fourth-order valence-corrected chi connectivity index (χ4v) is 2.42. The molecule has 19 heteroatoms. The molecule has 0 saturated carbocycles. The molecule has 292 valence electrons. The molecular weight excluding hydrogens is 676 g/mol. The van der Waals surface area contributed by atoms with Crippen LogP contribution in [-0.4, -0.2) is 92.8 Å². The Balaban J connectivity index is 5.55. The van der Waals surface area contributed by atoms with Crippen LogP contribution < -0.4 is 0 Å². The molecule has 0 heterocycles. The number of carbonyl (C=O) groups is 5. The smallest absolute Gasteiger partial charge is 0.433 e. The van der Waals surface area contributed by atoms with E-state index in [2.05, 4.69) is 19.6 Å². The lowest BCUT2D eigenvalue weighted by Crippen LogP contribution is -2.39. The van der Waals surface area contributed by atoms with Crippen molar-refractivity contribution < 1.29 is 91.5 Å². The Kier molecular flexibility index (Phi) is 18.1. The minimum absolute atomic E-state index is 0.503. The van der Waals surface area contributed by atoms with Crippen LogP contribution in [0.4, 0.5) is 24.0 Å². The molecule has 0 aliphatic heterocycles. The maximum atomic E-state index is 12.7. The molecule has 19 nitrogen and oxygen atoms in total. The molecule has 0 aromatic heterocycles. The average molecular weight is 731 g/mol. The molecule has 0 amide bonds. The lowest BCUT2D eigenvalue weighted by Gasteiger charge is -2.29. The van der Waals surface area contributed by atoms with E-state index < -0.39 is 104 Å². The number of carbonyl (C=O) groups excluding carboxylic acids is 5. The third kappa shape index (κ3) is 26.1. The Morgan fingerprint density at radius 1 is 0.300 bits per heavy atom. The van der Waals surface area contributed by atoms with Gasteiger partial charge in [0.15, 0.2) is 0 Å². The number of hydrogen-bond donors (Lipinski definition) is 0. The number of rotatable bonds is 16. The molecular formula is C31H54O19. The SMILES string of the molecule is CC(COC(=O)OCC(C)(COC(=O)OOC(C)(C)C)COC(=O)OOC(C)(C)C)(COC(=O)OOC(C)(C)C)COC(=O)OOC(C)(C)C. The molecule has 0 fully saturated rings. The van der Waals surface area contributed by atoms with Crippen LogP contribution in [0.15, 0.2) is 0 Å². The molecule has 0 aromatic carbocycles. The second kappa shape index (κ2) is 19.5. The summed E-state index contributed by atoms with van der Waals surface area (Å²) < 4.78 is 30.7. The van der Waals surface area contributed by atoms with E-state index in [-0.39, 0.29) is 0 Å². The molecule has 0 bridgehead atoms. The summed E-state index contributed by atoms with van der Waals surface area (Å²) in [4.78, 5) is 99.0. The van der Waals surface area contributed by atoms with Crippen LogP contribution in [-0.2, 0) is 67.5 Å². The first-order valence-corrected chi connectivity index (χ1v) is 15.4. The molecule has 0 aliphatic rings. The van der Waals surface area contributed by atoms with E-state index in [9.17, 15) is 24.0 Å². The first-order chi connectivity index (χ1) is 22.5. The summed E-state index contributed by atoms with van der Waals surface area (Å²) in [6, 6.07) is 0. The molecule has 0 N–H and O–H groups in total. The van der Waals surface area contributed by atoms with Crippen LogP contribution in [0.2, 0.25) is 0 Å². The van der Waals surface area contributed by atoms with Crippen LogP contribution in [0.25, 0.3) is 0 Å². The fraction of sp³-hybridized carbons (Fsp3) is 0.839. The predicted molar refractivity (Wildman–Crippen MR) is 167 cm³/mol. The first kappa shape index (κ1) is 46.2. The topological polar surface area (TPSA) is 215 Å². The Morgan fingerprint density at radius 3 is 0.620 bits per heavy atom. The lowest BCUT2D eigenvalue weighted by molar-refractivity contribution is -0.315. The number of hydrogen-bond acceptors (Lipinski definition) is 19. The van der Waals surface area contributed by atoms with E-state index in [1.807, 2.05) is 0 Å². The van der Waals surface area contributed by atoms with E-state index in [1.165, 1.54) is 13.8 Å². The van der Waals surface area contributed by atoms with Gasteiger partial charge in [-0.2, -0.15) is 19.6 Å². The van der Waals surface area contributed by atoms with Crippen molar-refractivity contribution in [3.63, 3.8) is 0 Å². The minimum Gasteiger partial charge on any atom is -0.433 e. The Bertz CT molecular complexity index is 939. The van der Waals surface area contributed by atoms with Crippen LogP contribution in [0, 0.1) is 10.8 Å². The average Bonchev–Trinajstić information content (AvgIpc) is 2.97. The van der Waals surface area contributed by atoms with Gasteiger partial charge in [-0.05, 0) is 96.9 Å². The van der Waals surface area contributed by atoms with Gasteiger partial charge in [-0.25, -0.2) is 24.0 Å². The van der Waals surface area contributed by atoms with Crippen molar-refractivity contribution in [2.45, 2.75) is 119 Å². The molecule has 0 rings (SSSR count). The highest BCUT2D eigenvalue weighted by Gasteiger charge is 2.35. The van der Waals surface area contributed by atoms with Crippen molar-refractivity contribution in [3.8, 4) is 0 Å². The second-order valence-corrected chi connectivity index (χ2v) is 15.7. The van der Waals surface area contributed by atoms with E-state index >= 15 is 0 Å². The lowest BCUT2D eigenvalue weighted by atomic mass is 9.94. The molecule has 0 aliphatic carbocycles. The minimum atomic E-state index is -1.39. The predicted octanol–water partition coefficient (Wildman–Crippen LogP) is 6.69. The third-order valence-corrected chi connectivity index (χ3v) is 4.67. The summed E-state index contributed by atoms with van der Waals surface area (Å²) in [6.07, 6.45) is -6.14. The van der Waals surface area contributed by atoms with Crippen molar-refractivity contribution >= 4 is 30.8 Å². The van der Waals surface area contributed by atoms with Crippen LogP contribution in [0.5, 0.6) is 0 Å². The normalized spacial score (nSPS) is 12.6. The van der Waals surface area contributed by atoms with Gasteiger partial charge in [-0.3, -0.25) is 19.6 Å². The van der Waals surface area contributed by atoms with Gasteiger partial charge in [0.2, 0.25) is 0 Å². The zero-order valence-electron chi connectivity index (χ0n) is 31.5. The summed E-state index contributed by atoms with van der Waals surface area (Å²) in [5.41, 5.74) is -6.10. The van der Waals surface area contributed by atoms with E-state index in [4.69, 9.17) is 48.0 Å². The molecule has 0 spiro atoms. The summed E-state index contributed by atoms with van der Waals surface area (Å²) in [6.45, 7) is 19.4. The van der Waals surface area contributed by atoms with Crippen LogP contribution >= 0.6 is 0 Å². The van der Waals surface area contributed by atoms with E-state index in [0.717, 1.165) is 0 Å². The van der Waals surface area contributed by atoms with Crippen molar-refractivity contribution in [1.29, 1.82) is 0 Å². The molecule has 0 radical (unpaired) electrons. The summed E-state index contributed by atoms with van der Waals surface area (Å²) in [5, 5.41) is 0. The van der Waals surface area contributed by atoms with Crippen LogP contribution in [0.3, 0.4) is 0 Å². The zero-order valence-corrected chi connectivity index (χ0v) is 31.5. The first-order valence-electron chi connectivity index (χ1n) is 15.4. The zero-order chi connectivity index (χ0) is 39.0. The monoisotopic (exact) mass is 730 g/mol. The molecule has 50 heavy (non-hydrogen) atoms. The molecule has 0 aromatic rings. The highest BCUT2D eigenvalue weighted by molar-refractivity contribution is 5.61. The van der Waals surface area contributed by atoms with Crippen molar-refractivity contribution in [1.82, 2.24) is 0 Å². The highest BCUT2D eigenvalue weighted by Crippen LogP contribution is 2.23. The third-order valence-electron chi connectivity index (χ3n) is 4.67.